The molecule has 10 heteroatoms. The lowest BCUT2D eigenvalue weighted by Crippen LogP contribution is -2.67. The summed E-state index contributed by atoms with van der Waals surface area (Å²) in [5, 5.41) is 3.22. The van der Waals surface area contributed by atoms with Gasteiger partial charge in [-0.1, -0.05) is 112 Å². The summed E-state index contributed by atoms with van der Waals surface area (Å²) in [6, 6.07) is 31.8. The van der Waals surface area contributed by atoms with Crippen molar-refractivity contribution in [1.82, 2.24) is 9.55 Å². The van der Waals surface area contributed by atoms with Gasteiger partial charge in [-0.3, -0.25) is 9.36 Å². The Bertz CT molecular complexity index is 1560. The summed E-state index contributed by atoms with van der Waals surface area (Å²) in [4.78, 5) is 28.5. The number of carbonyl (C=O) groups excluding carboxylic acids is 1. The molecule has 7 nitrogen and oxygen atoms in total. The molecular weight excluding hydrogens is 594 g/mol. The Labute approximate surface area is 263 Å². The average molecular weight is 632 g/mol. The summed E-state index contributed by atoms with van der Waals surface area (Å²) in [6.07, 6.45) is -0.877. The minimum Gasteiger partial charge on any atom is -0.406 e. The molecule has 1 aliphatic rings. The first-order chi connectivity index (χ1) is 21.1. The van der Waals surface area contributed by atoms with Crippen molar-refractivity contribution in [2.24, 2.45) is 0 Å². The molecule has 0 unspecified atom stereocenters. The summed E-state index contributed by atoms with van der Waals surface area (Å²) < 4.78 is 31.2. The third-order valence-corrected chi connectivity index (χ3v) is 14.4. The van der Waals surface area contributed by atoms with Crippen molar-refractivity contribution in [2.45, 2.75) is 62.2 Å². The topological polar surface area (TPSA) is 82.5 Å². The van der Waals surface area contributed by atoms with Gasteiger partial charge in [0.1, 0.15) is 17.3 Å². The number of thioether (sulfide) groups is 1. The fourth-order valence-corrected chi connectivity index (χ4v) is 12.0. The quantitative estimate of drug-likeness (QED) is 0.239. The number of rotatable bonds is 10. The van der Waals surface area contributed by atoms with E-state index >= 15 is 4.39 Å². The zero-order valence-electron chi connectivity index (χ0n) is 25.4. The zero-order chi connectivity index (χ0) is 31.3. The van der Waals surface area contributed by atoms with Crippen LogP contribution in [0.3, 0.4) is 0 Å². The van der Waals surface area contributed by atoms with Crippen LogP contribution in [0.1, 0.15) is 38.6 Å². The van der Waals surface area contributed by atoms with Gasteiger partial charge in [-0.2, -0.15) is 4.98 Å². The Hall–Kier alpha value is -3.57. The van der Waals surface area contributed by atoms with Crippen LogP contribution in [0.5, 0.6) is 0 Å². The van der Waals surface area contributed by atoms with Gasteiger partial charge in [0.2, 0.25) is 5.91 Å². The summed E-state index contributed by atoms with van der Waals surface area (Å²) >= 11 is 1.32. The molecule has 230 valence electrons. The van der Waals surface area contributed by atoms with Crippen molar-refractivity contribution >= 4 is 42.2 Å². The van der Waals surface area contributed by atoms with Crippen molar-refractivity contribution in [3.63, 3.8) is 0 Å². The molecule has 44 heavy (non-hydrogen) atoms. The molecule has 0 bridgehead atoms. The van der Waals surface area contributed by atoms with Crippen LogP contribution in [0.4, 0.5) is 10.2 Å². The lowest BCUT2D eigenvalue weighted by atomic mass is 10.1. The third kappa shape index (κ3) is 6.73. The molecule has 0 spiro atoms. The van der Waals surface area contributed by atoms with Crippen LogP contribution in [-0.4, -0.2) is 47.9 Å². The standard InChI is InChI=1S/C34H38FN3O4SSi/c1-24(39)36-29-20-21-38(33(40)37-29)32-30(35)31(41-22-25-14-8-5-9-15-25)28(43-32)23-42-44(34(2,3)4,26-16-10-6-11-17-26)27-18-12-7-13-19-27/h5-21,28,30-32H,22-23H2,1-4H3,(H,36,37,39,40)/t28-,30+,31-,32-/m1/s1. The fourth-order valence-electron chi connectivity index (χ4n) is 5.84. The van der Waals surface area contributed by atoms with Gasteiger partial charge in [0.05, 0.1) is 11.9 Å². The number of amides is 1. The van der Waals surface area contributed by atoms with E-state index in [1.807, 2.05) is 66.7 Å². The molecule has 0 saturated carbocycles. The number of hydrogen-bond donors (Lipinski definition) is 1. The van der Waals surface area contributed by atoms with Crippen molar-refractivity contribution in [1.29, 1.82) is 0 Å². The van der Waals surface area contributed by atoms with Gasteiger partial charge in [-0.25, -0.2) is 9.18 Å². The number of carbonyl (C=O) groups is 1. The normalized spacial score (nSPS) is 20.4. The highest BCUT2D eigenvalue weighted by molar-refractivity contribution is 8.00. The number of nitrogens with one attached hydrogen (secondary N) is 1. The maximum Gasteiger partial charge on any atom is 0.350 e. The van der Waals surface area contributed by atoms with Crippen molar-refractivity contribution < 1.29 is 18.3 Å². The number of benzene rings is 3. The Morgan fingerprint density at radius 3 is 2.05 bits per heavy atom. The maximum absolute atomic E-state index is 16.4. The molecule has 1 fully saturated rings. The summed E-state index contributed by atoms with van der Waals surface area (Å²) in [6.45, 7) is 8.39. The van der Waals surface area contributed by atoms with Gasteiger partial charge in [0, 0.05) is 19.7 Å². The summed E-state index contributed by atoms with van der Waals surface area (Å²) in [5.41, 5.74) is 0.282. The lowest BCUT2D eigenvalue weighted by Gasteiger charge is -2.43. The molecular formula is C34H38FN3O4SSi. The van der Waals surface area contributed by atoms with E-state index in [1.165, 1.54) is 35.5 Å². The lowest BCUT2D eigenvalue weighted by molar-refractivity contribution is -0.114. The molecule has 1 saturated heterocycles. The Balaban J connectivity index is 1.49. The molecule has 1 aliphatic heterocycles. The van der Waals surface area contributed by atoms with Gasteiger partial charge in [0.25, 0.3) is 8.32 Å². The van der Waals surface area contributed by atoms with E-state index in [4.69, 9.17) is 9.16 Å². The van der Waals surface area contributed by atoms with E-state index in [0.29, 0.717) is 0 Å². The SMILES string of the molecule is CC(=O)Nc1ccn([C@@H]2S[C@H](CO[Si](c3ccccc3)(c3ccccc3)C(C)(C)C)[C@@H](OCc3ccccc3)[C@@H]2F)c(=O)n1. The van der Waals surface area contributed by atoms with E-state index in [9.17, 15) is 9.59 Å². The smallest absolute Gasteiger partial charge is 0.350 e. The number of nitrogens with zero attached hydrogens (tertiary/aromatic N) is 2. The second-order valence-electron chi connectivity index (χ2n) is 11.9. The molecule has 1 amide bonds. The second-order valence-corrected chi connectivity index (χ2v) is 17.6. The van der Waals surface area contributed by atoms with E-state index in [1.54, 1.807) is 0 Å². The van der Waals surface area contributed by atoms with Crippen LogP contribution in [0.25, 0.3) is 0 Å². The monoisotopic (exact) mass is 631 g/mol. The van der Waals surface area contributed by atoms with Crippen LogP contribution < -0.4 is 21.4 Å². The van der Waals surface area contributed by atoms with Gasteiger partial charge in [-0.15, -0.1) is 11.8 Å². The number of halogens is 1. The maximum atomic E-state index is 16.4. The molecule has 2 heterocycles. The number of aromatic nitrogens is 2. The van der Waals surface area contributed by atoms with Crippen molar-refractivity contribution in [2.75, 3.05) is 11.9 Å². The zero-order valence-corrected chi connectivity index (χ0v) is 27.2. The first kappa shape index (κ1) is 31.8. The van der Waals surface area contributed by atoms with Crippen LogP contribution in [0, 0.1) is 0 Å². The minimum atomic E-state index is -2.90. The number of ether oxygens (including phenoxy) is 1. The number of hydrogen-bond acceptors (Lipinski definition) is 6. The number of alkyl halides is 1. The largest absolute Gasteiger partial charge is 0.406 e. The predicted molar refractivity (Wildman–Crippen MR) is 177 cm³/mol. The van der Waals surface area contributed by atoms with Crippen LogP contribution in [-0.2, 0) is 20.6 Å². The molecule has 5 rings (SSSR count). The molecule has 1 aromatic heterocycles. The predicted octanol–water partition coefficient (Wildman–Crippen LogP) is 5.32. The van der Waals surface area contributed by atoms with Crippen molar-refractivity contribution in [3.05, 3.63) is 119 Å². The van der Waals surface area contributed by atoms with Gasteiger partial charge in [0.15, 0.2) is 6.17 Å². The first-order valence-electron chi connectivity index (χ1n) is 14.7. The highest BCUT2D eigenvalue weighted by atomic mass is 32.2. The second kappa shape index (κ2) is 13.6. The molecule has 4 aromatic rings. The average Bonchev–Trinajstić information content (AvgIpc) is 3.31. The van der Waals surface area contributed by atoms with Gasteiger partial charge >= 0.3 is 5.69 Å². The first-order valence-corrected chi connectivity index (χ1v) is 17.5. The van der Waals surface area contributed by atoms with Crippen LogP contribution in [0.15, 0.2) is 108 Å². The van der Waals surface area contributed by atoms with Crippen molar-refractivity contribution in [3.8, 4) is 0 Å². The van der Waals surface area contributed by atoms with Gasteiger partial charge < -0.3 is 14.5 Å². The molecule has 1 N–H and O–H groups in total. The fraction of sp³-hybridized carbons (Fsp3) is 0.324. The Morgan fingerprint density at radius 1 is 0.955 bits per heavy atom. The van der Waals surface area contributed by atoms with Crippen LogP contribution in [0.2, 0.25) is 5.04 Å². The van der Waals surface area contributed by atoms with E-state index in [0.717, 1.165) is 15.9 Å². The molecule has 4 atom stereocenters. The van der Waals surface area contributed by atoms with E-state index < -0.39 is 36.9 Å². The third-order valence-electron chi connectivity index (χ3n) is 7.84. The highest BCUT2D eigenvalue weighted by Crippen LogP contribution is 2.46. The summed E-state index contributed by atoms with van der Waals surface area (Å²) in [5.74, 6) is -0.219. The van der Waals surface area contributed by atoms with E-state index in [-0.39, 0.29) is 30.0 Å². The highest BCUT2D eigenvalue weighted by Gasteiger charge is 2.53. The minimum absolute atomic E-state index is 0.126. The Morgan fingerprint density at radius 2 is 1.52 bits per heavy atom. The van der Waals surface area contributed by atoms with Crippen LogP contribution >= 0.6 is 11.8 Å². The number of anilines is 1. The van der Waals surface area contributed by atoms with E-state index in [2.05, 4.69) is 55.3 Å². The Kier molecular flexibility index (Phi) is 9.84. The summed E-state index contributed by atoms with van der Waals surface area (Å²) in [7, 11) is -2.90. The van der Waals surface area contributed by atoms with Gasteiger partial charge in [-0.05, 0) is 27.0 Å². The molecule has 3 aromatic carbocycles. The molecule has 0 radical (unpaired) electrons. The molecule has 0 aliphatic carbocycles.